The van der Waals surface area contributed by atoms with E-state index in [4.69, 9.17) is 4.74 Å². The first-order valence-corrected chi connectivity index (χ1v) is 7.67. The van der Waals surface area contributed by atoms with Crippen molar-refractivity contribution in [2.24, 2.45) is 5.92 Å². The van der Waals surface area contributed by atoms with Crippen LogP contribution < -0.4 is 5.32 Å². The minimum absolute atomic E-state index is 0.308. The molecule has 1 aliphatic carbocycles. The van der Waals surface area contributed by atoms with Gasteiger partial charge in [-0.25, -0.2) is 0 Å². The SMILES string of the molecule is CCCNC(CCC)C1CCOC2(CCC2)C1. The van der Waals surface area contributed by atoms with Gasteiger partial charge in [-0.1, -0.05) is 20.3 Å². The lowest BCUT2D eigenvalue weighted by Crippen LogP contribution is -2.50. The maximum atomic E-state index is 6.04. The zero-order valence-corrected chi connectivity index (χ0v) is 11.6. The second kappa shape index (κ2) is 6.19. The van der Waals surface area contributed by atoms with E-state index >= 15 is 0 Å². The Morgan fingerprint density at radius 2 is 2.12 bits per heavy atom. The second-order valence-electron chi connectivity index (χ2n) is 5.99. The Morgan fingerprint density at radius 3 is 2.71 bits per heavy atom. The number of hydrogen-bond donors (Lipinski definition) is 1. The summed E-state index contributed by atoms with van der Waals surface area (Å²) < 4.78 is 6.04. The van der Waals surface area contributed by atoms with Crippen LogP contribution in [0.3, 0.4) is 0 Å². The van der Waals surface area contributed by atoms with E-state index < -0.39 is 0 Å². The Morgan fingerprint density at radius 1 is 1.29 bits per heavy atom. The van der Waals surface area contributed by atoms with Crippen molar-refractivity contribution in [3.8, 4) is 0 Å². The van der Waals surface area contributed by atoms with Crippen LogP contribution in [0.2, 0.25) is 0 Å². The average molecular weight is 239 g/mol. The summed E-state index contributed by atoms with van der Waals surface area (Å²) in [5, 5.41) is 3.77. The third kappa shape index (κ3) is 3.23. The molecule has 0 radical (unpaired) electrons. The maximum Gasteiger partial charge on any atom is 0.0685 e. The Balaban J connectivity index is 1.87. The standard InChI is InChI=1S/C15H29NO/c1-3-6-14(16-10-4-2)13-7-11-17-15(12-13)8-5-9-15/h13-14,16H,3-12H2,1-2H3. The fraction of sp³-hybridized carbons (Fsp3) is 1.00. The van der Waals surface area contributed by atoms with Crippen molar-refractivity contribution in [3.05, 3.63) is 0 Å². The predicted molar refractivity (Wildman–Crippen MR) is 72.2 cm³/mol. The molecule has 100 valence electrons. The molecule has 1 aliphatic heterocycles. The molecule has 17 heavy (non-hydrogen) atoms. The van der Waals surface area contributed by atoms with Gasteiger partial charge in [0.25, 0.3) is 0 Å². The van der Waals surface area contributed by atoms with Crippen molar-refractivity contribution < 1.29 is 4.74 Å². The van der Waals surface area contributed by atoms with Gasteiger partial charge in [0.2, 0.25) is 0 Å². The number of nitrogens with one attached hydrogen (secondary N) is 1. The quantitative estimate of drug-likeness (QED) is 0.766. The highest BCUT2D eigenvalue weighted by atomic mass is 16.5. The fourth-order valence-corrected chi connectivity index (χ4v) is 3.47. The number of ether oxygens (including phenoxy) is 1. The van der Waals surface area contributed by atoms with Gasteiger partial charge in [-0.15, -0.1) is 0 Å². The molecule has 2 heteroatoms. The normalized spacial score (nSPS) is 28.9. The molecule has 1 N–H and O–H groups in total. The van der Waals surface area contributed by atoms with Crippen LogP contribution in [0.4, 0.5) is 0 Å². The van der Waals surface area contributed by atoms with E-state index in [1.807, 2.05) is 0 Å². The van der Waals surface area contributed by atoms with Gasteiger partial charge in [0.15, 0.2) is 0 Å². The van der Waals surface area contributed by atoms with E-state index in [9.17, 15) is 0 Å². The molecule has 0 bridgehead atoms. The van der Waals surface area contributed by atoms with E-state index in [2.05, 4.69) is 19.2 Å². The Bertz CT molecular complexity index is 225. The van der Waals surface area contributed by atoms with Gasteiger partial charge in [-0.3, -0.25) is 0 Å². The summed E-state index contributed by atoms with van der Waals surface area (Å²) in [6, 6.07) is 0.737. The largest absolute Gasteiger partial charge is 0.375 e. The first-order chi connectivity index (χ1) is 8.29. The Hall–Kier alpha value is -0.0800. The molecule has 0 amide bonds. The molecular weight excluding hydrogens is 210 g/mol. The van der Waals surface area contributed by atoms with Crippen LogP contribution in [0.15, 0.2) is 0 Å². The smallest absolute Gasteiger partial charge is 0.0685 e. The van der Waals surface area contributed by atoms with Crippen molar-refractivity contribution >= 4 is 0 Å². The van der Waals surface area contributed by atoms with Gasteiger partial charge in [0.05, 0.1) is 5.60 Å². The Labute approximate surface area is 107 Å². The van der Waals surface area contributed by atoms with E-state index in [0.29, 0.717) is 5.60 Å². The van der Waals surface area contributed by atoms with Crippen LogP contribution in [0.25, 0.3) is 0 Å². The topological polar surface area (TPSA) is 21.3 Å². The molecule has 1 heterocycles. The second-order valence-corrected chi connectivity index (χ2v) is 5.99. The van der Waals surface area contributed by atoms with Crippen LogP contribution in [-0.4, -0.2) is 24.8 Å². The third-order valence-electron chi connectivity index (χ3n) is 4.62. The molecule has 0 aromatic rings. The molecule has 1 saturated carbocycles. The minimum Gasteiger partial charge on any atom is -0.375 e. The van der Waals surface area contributed by atoms with E-state index in [1.54, 1.807) is 0 Å². The fourth-order valence-electron chi connectivity index (χ4n) is 3.47. The van der Waals surface area contributed by atoms with Crippen LogP contribution in [0, 0.1) is 5.92 Å². The Kier molecular flexibility index (Phi) is 4.87. The molecule has 2 aliphatic rings. The maximum absolute atomic E-state index is 6.04. The summed E-state index contributed by atoms with van der Waals surface area (Å²) in [6.07, 6.45) is 10.5. The number of hydrogen-bond acceptors (Lipinski definition) is 2. The lowest BCUT2D eigenvalue weighted by atomic mass is 9.70. The van der Waals surface area contributed by atoms with Gasteiger partial charge in [0, 0.05) is 12.6 Å². The molecule has 2 unspecified atom stereocenters. The van der Waals surface area contributed by atoms with E-state index in [1.165, 1.54) is 57.9 Å². The van der Waals surface area contributed by atoms with Gasteiger partial charge >= 0.3 is 0 Å². The average Bonchev–Trinajstić information content (AvgIpc) is 2.33. The summed E-state index contributed by atoms with van der Waals surface area (Å²) in [7, 11) is 0. The van der Waals surface area contributed by atoms with Gasteiger partial charge in [-0.05, 0) is 57.4 Å². The van der Waals surface area contributed by atoms with E-state index in [-0.39, 0.29) is 0 Å². The van der Waals surface area contributed by atoms with Gasteiger partial charge < -0.3 is 10.1 Å². The van der Waals surface area contributed by atoms with Crippen LogP contribution >= 0.6 is 0 Å². The predicted octanol–water partition coefficient (Wildman–Crippen LogP) is 3.50. The van der Waals surface area contributed by atoms with Crippen LogP contribution in [-0.2, 0) is 4.74 Å². The molecule has 2 rings (SSSR count). The lowest BCUT2D eigenvalue weighted by molar-refractivity contribution is -0.147. The summed E-state index contributed by atoms with van der Waals surface area (Å²) >= 11 is 0. The lowest BCUT2D eigenvalue weighted by Gasteiger charge is -2.49. The van der Waals surface area contributed by atoms with Crippen molar-refractivity contribution in [2.75, 3.05) is 13.2 Å². The molecule has 2 fully saturated rings. The van der Waals surface area contributed by atoms with Crippen molar-refractivity contribution in [2.45, 2.75) is 76.9 Å². The number of rotatable bonds is 6. The zero-order valence-electron chi connectivity index (χ0n) is 11.6. The highest BCUT2D eigenvalue weighted by Gasteiger charge is 2.43. The molecule has 0 aromatic heterocycles. The van der Waals surface area contributed by atoms with Crippen molar-refractivity contribution in [3.63, 3.8) is 0 Å². The molecule has 2 atom stereocenters. The van der Waals surface area contributed by atoms with Crippen molar-refractivity contribution in [1.82, 2.24) is 5.32 Å². The third-order valence-corrected chi connectivity index (χ3v) is 4.62. The zero-order chi connectivity index (χ0) is 12.1. The summed E-state index contributed by atoms with van der Waals surface area (Å²) in [5.74, 6) is 0.857. The molecular formula is C15H29NO. The minimum atomic E-state index is 0.308. The molecule has 1 saturated heterocycles. The first-order valence-electron chi connectivity index (χ1n) is 7.67. The molecule has 2 nitrogen and oxygen atoms in total. The summed E-state index contributed by atoms with van der Waals surface area (Å²) in [4.78, 5) is 0. The van der Waals surface area contributed by atoms with Crippen LogP contribution in [0.1, 0.15) is 65.2 Å². The summed E-state index contributed by atoms with van der Waals surface area (Å²) in [5.41, 5.74) is 0.308. The highest BCUT2D eigenvalue weighted by Crippen LogP contribution is 2.45. The van der Waals surface area contributed by atoms with Crippen molar-refractivity contribution in [1.29, 1.82) is 0 Å². The van der Waals surface area contributed by atoms with Crippen LogP contribution in [0.5, 0.6) is 0 Å². The van der Waals surface area contributed by atoms with Gasteiger partial charge in [-0.2, -0.15) is 0 Å². The monoisotopic (exact) mass is 239 g/mol. The first kappa shape index (κ1) is 13.4. The van der Waals surface area contributed by atoms with Gasteiger partial charge in [0.1, 0.15) is 0 Å². The highest BCUT2D eigenvalue weighted by molar-refractivity contribution is 4.96. The molecule has 0 aromatic carbocycles. The molecule has 1 spiro atoms. The summed E-state index contributed by atoms with van der Waals surface area (Å²) in [6.45, 7) is 6.74. The van der Waals surface area contributed by atoms with E-state index in [0.717, 1.165) is 18.6 Å².